The van der Waals surface area contributed by atoms with Crippen LogP contribution < -0.4 is 10.1 Å². The quantitative estimate of drug-likeness (QED) is 0.875. The highest BCUT2D eigenvalue weighted by atomic mass is 19.1. The maximum Gasteiger partial charge on any atom is 0.165 e. The summed E-state index contributed by atoms with van der Waals surface area (Å²) in [5, 5.41) is 3.47. The Labute approximate surface area is 125 Å². The van der Waals surface area contributed by atoms with Crippen molar-refractivity contribution in [1.29, 1.82) is 0 Å². The van der Waals surface area contributed by atoms with Gasteiger partial charge in [0, 0.05) is 12.1 Å². The van der Waals surface area contributed by atoms with Crippen molar-refractivity contribution in [2.75, 3.05) is 6.54 Å². The van der Waals surface area contributed by atoms with E-state index in [1.165, 1.54) is 0 Å². The summed E-state index contributed by atoms with van der Waals surface area (Å²) in [4.78, 5) is 0. The summed E-state index contributed by atoms with van der Waals surface area (Å²) in [5.74, 6) is -0.963. The zero-order chi connectivity index (χ0) is 15.5. The van der Waals surface area contributed by atoms with Crippen LogP contribution in [0.1, 0.15) is 46.5 Å². The fourth-order valence-corrected chi connectivity index (χ4v) is 2.94. The lowest BCUT2D eigenvalue weighted by Gasteiger charge is -2.41. The molecule has 4 heteroatoms. The normalized spacial score (nSPS) is 24.8. The van der Waals surface area contributed by atoms with E-state index >= 15 is 0 Å². The highest BCUT2D eigenvalue weighted by Gasteiger charge is 2.36. The number of benzene rings is 1. The van der Waals surface area contributed by atoms with Crippen LogP contribution in [0.15, 0.2) is 18.2 Å². The van der Waals surface area contributed by atoms with Gasteiger partial charge in [-0.3, -0.25) is 0 Å². The van der Waals surface area contributed by atoms with Gasteiger partial charge in [-0.25, -0.2) is 8.78 Å². The Morgan fingerprint density at radius 3 is 2.81 bits per heavy atom. The van der Waals surface area contributed by atoms with Gasteiger partial charge in [0.25, 0.3) is 0 Å². The molecule has 1 fully saturated rings. The first-order valence-corrected chi connectivity index (χ1v) is 7.76. The molecule has 0 saturated heterocycles. The van der Waals surface area contributed by atoms with E-state index in [4.69, 9.17) is 4.74 Å². The van der Waals surface area contributed by atoms with Crippen LogP contribution in [0.3, 0.4) is 0 Å². The maximum absolute atomic E-state index is 13.8. The lowest BCUT2D eigenvalue weighted by atomic mass is 9.74. The molecule has 21 heavy (non-hydrogen) atoms. The molecule has 2 rings (SSSR count). The van der Waals surface area contributed by atoms with E-state index in [1.807, 2.05) is 0 Å². The van der Waals surface area contributed by atoms with Gasteiger partial charge in [0.05, 0.1) is 0 Å². The summed E-state index contributed by atoms with van der Waals surface area (Å²) >= 11 is 0. The predicted molar refractivity (Wildman–Crippen MR) is 80.5 cm³/mol. The molecular formula is C17H25F2NO. The summed E-state index contributed by atoms with van der Waals surface area (Å²) in [6.07, 6.45) is 3.86. The van der Waals surface area contributed by atoms with Gasteiger partial charge in [-0.05, 0) is 49.8 Å². The van der Waals surface area contributed by atoms with Gasteiger partial charge in [-0.1, -0.05) is 20.8 Å². The van der Waals surface area contributed by atoms with Crippen molar-refractivity contribution in [1.82, 2.24) is 5.32 Å². The number of hydrogen-bond acceptors (Lipinski definition) is 2. The second kappa shape index (κ2) is 6.73. The van der Waals surface area contributed by atoms with Gasteiger partial charge in [-0.2, -0.15) is 0 Å². The van der Waals surface area contributed by atoms with Crippen LogP contribution >= 0.6 is 0 Å². The number of nitrogens with one attached hydrogen (secondary N) is 1. The molecule has 1 aliphatic carbocycles. The third-order valence-electron chi connectivity index (χ3n) is 4.16. The molecule has 1 saturated carbocycles. The number of rotatable bonds is 5. The number of hydrogen-bond donors (Lipinski definition) is 1. The molecule has 1 aromatic rings. The molecule has 0 aromatic heterocycles. The zero-order valence-corrected chi connectivity index (χ0v) is 13.1. The molecule has 0 amide bonds. The molecular weight excluding hydrogens is 272 g/mol. The van der Waals surface area contributed by atoms with Crippen molar-refractivity contribution in [3.8, 4) is 5.75 Å². The van der Waals surface area contributed by atoms with Crippen molar-refractivity contribution in [3.63, 3.8) is 0 Å². The van der Waals surface area contributed by atoms with Gasteiger partial charge in [0.1, 0.15) is 11.9 Å². The molecule has 0 bridgehead atoms. The van der Waals surface area contributed by atoms with Gasteiger partial charge in [0.15, 0.2) is 11.6 Å². The second-order valence-electron chi connectivity index (χ2n) is 6.70. The molecule has 118 valence electrons. The Kier molecular flexibility index (Phi) is 5.20. The first-order chi connectivity index (χ1) is 9.91. The SMILES string of the molecule is CCCNC1CCC(C)(C)CC1Oc1cc(F)ccc1F. The Hall–Kier alpha value is -1.16. The van der Waals surface area contributed by atoms with Crippen LogP contribution in [0, 0.1) is 17.0 Å². The third kappa shape index (κ3) is 4.40. The second-order valence-corrected chi connectivity index (χ2v) is 6.70. The van der Waals surface area contributed by atoms with Crippen molar-refractivity contribution >= 4 is 0 Å². The van der Waals surface area contributed by atoms with E-state index in [0.29, 0.717) is 0 Å². The Morgan fingerprint density at radius 1 is 1.33 bits per heavy atom. The van der Waals surface area contributed by atoms with Gasteiger partial charge < -0.3 is 10.1 Å². The molecule has 0 aliphatic heterocycles. The first kappa shape index (κ1) is 16.2. The van der Waals surface area contributed by atoms with E-state index in [-0.39, 0.29) is 23.3 Å². The van der Waals surface area contributed by atoms with E-state index in [2.05, 4.69) is 26.1 Å². The molecule has 2 atom stereocenters. The van der Waals surface area contributed by atoms with Crippen molar-refractivity contribution in [2.24, 2.45) is 5.41 Å². The summed E-state index contributed by atoms with van der Waals surface area (Å²) in [6, 6.07) is 3.56. The minimum atomic E-state index is -0.506. The Bertz CT molecular complexity index is 476. The molecule has 2 nitrogen and oxygen atoms in total. The molecule has 1 aromatic carbocycles. The summed E-state index contributed by atoms with van der Waals surface area (Å²) < 4.78 is 32.9. The average molecular weight is 297 g/mol. The van der Waals surface area contributed by atoms with Crippen molar-refractivity contribution < 1.29 is 13.5 Å². The van der Waals surface area contributed by atoms with Crippen molar-refractivity contribution in [2.45, 2.75) is 58.6 Å². The molecule has 0 heterocycles. The summed E-state index contributed by atoms with van der Waals surface area (Å²) in [6.45, 7) is 7.42. The summed E-state index contributed by atoms with van der Waals surface area (Å²) in [7, 11) is 0. The lowest BCUT2D eigenvalue weighted by molar-refractivity contribution is 0.0501. The van der Waals surface area contributed by atoms with Crippen molar-refractivity contribution in [3.05, 3.63) is 29.8 Å². The molecule has 1 N–H and O–H groups in total. The maximum atomic E-state index is 13.8. The fraction of sp³-hybridized carbons (Fsp3) is 0.647. The minimum absolute atomic E-state index is 0.0148. The number of halogens is 2. The Balaban J connectivity index is 2.13. The predicted octanol–water partition coefficient (Wildman–Crippen LogP) is 4.29. The lowest BCUT2D eigenvalue weighted by Crippen LogP contribution is -2.49. The minimum Gasteiger partial charge on any atom is -0.486 e. The molecule has 1 aliphatic rings. The highest BCUT2D eigenvalue weighted by Crippen LogP contribution is 2.37. The fourth-order valence-electron chi connectivity index (χ4n) is 2.94. The van der Waals surface area contributed by atoms with E-state index < -0.39 is 11.6 Å². The van der Waals surface area contributed by atoms with Crippen LogP contribution in [0.4, 0.5) is 8.78 Å². The third-order valence-corrected chi connectivity index (χ3v) is 4.16. The van der Waals surface area contributed by atoms with E-state index in [9.17, 15) is 8.78 Å². The van der Waals surface area contributed by atoms with E-state index in [0.717, 1.165) is 50.4 Å². The van der Waals surface area contributed by atoms with Crippen LogP contribution in [0.5, 0.6) is 5.75 Å². The van der Waals surface area contributed by atoms with Crippen LogP contribution in [0.25, 0.3) is 0 Å². The molecule has 0 radical (unpaired) electrons. The Morgan fingerprint density at radius 2 is 2.10 bits per heavy atom. The first-order valence-electron chi connectivity index (χ1n) is 7.76. The highest BCUT2D eigenvalue weighted by molar-refractivity contribution is 5.25. The molecule has 2 unspecified atom stereocenters. The molecule has 0 spiro atoms. The standard InChI is InChI=1S/C17H25F2NO/c1-4-9-20-14-7-8-17(2,3)11-16(14)21-15-10-12(18)5-6-13(15)19/h5-6,10,14,16,20H,4,7-9,11H2,1-3H3. The largest absolute Gasteiger partial charge is 0.486 e. The average Bonchev–Trinajstić information content (AvgIpc) is 2.41. The van der Waals surface area contributed by atoms with Gasteiger partial charge in [0.2, 0.25) is 0 Å². The zero-order valence-electron chi connectivity index (χ0n) is 13.1. The van der Waals surface area contributed by atoms with Crippen LogP contribution in [0.2, 0.25) is 0 Å². The number of ether oxygens (including phenoxy) is 1. The smallest absolute Gasteiger partial charge is 0.165 e. The van der Waals surface area contributed by atoms with Crippen LogP contribution in [-0.2, 0) is 0 Å². The monoisotopic (exact) mass is 297 g/mol. The van der Waals surface area contributed by atoms with Gasteiger partial charge >= 0.3 is 0 Å². The summed E-state index contributed by atoms with van der Waals surface area (Å²) in [5.41, 5.74) is 0.166. The van der Waals surface area contributed by atoms with E-state index in [1.54, 1.807) is 0 Å². The topological polar surface area (TPSA) is 21.3 Å². The van der Waals surface area contributed by atoms with Crippen LogP contribution in [-0.4, -0.2) is 18.7 Å². The van der Waals surface area contributed by atoms with Gasteiger partial charge in [-0.15, -0.1) is 0 Å².